The zero-order valence-electron chi connectivity index (χ0n) is 30.4. The lowest BCUT2D eigenvalue weighted by molar-refractivity contribution is -0.156. The first-order valence-corrected chi connectivity index (χ1v) is 20.6. The van der Waals surface area contributed by atoms with Crippen LogP contribution in [-0.2, 0) is 23.5 Å². The Balaban J connectivity index is 1.95. The number of hydrogen-bond donors (Lipinski definition) is 1. The lowest BCUT2D eigenvalue weighted by atomic mass is 9.71. The molecular weight excluding hydrogens is 615 g/mol. The molecule has 0 aliphatic carbocycles. The maximum atomic E-state index is 14.4. The number of hydrogen-bond acceptors (Lipinski definition) is 8. The Morgan fingerprint density at radius 2 is 1.85 bits per heavy atom. The van der Waals surface area contributed by atoms with Crippen molar-refractivity contribution in [3.8, 4) is 0 Å². The lowest BCUT2D eigenvalue weighted by Crippen LogP contribution is -2.53. The fourth-order valence-electron chi connectivity index (χ4n) is 5.95. The van der Waals surface area contributed by atoms with E-state index in [0.717, 1.165) is 33.6 Å². The zero-order chi connectivity index (χ0) is 34.8. The highest BCUT2D eigenvalue weighted by Crippen LogP contribution is 2.45. The first-order chi connectivity index (χ1) is 21.1. The predicted molar refractivity (Wildman–Crippen MR) is 191 cm³/mol. The van der Waals surface area contributed by atoms with Crippen LogP contribution in [0.15, 0.2) is 30.9 Å². The highest BCUT2D eigenvalue weighted by Gasteiger charge is 2.51. The molecule has 46 heavy (non-hydrogen) atoms. The third-order valence-electron chi connectivity index (χ3n) is 10.3. The average Bonchev–Trinajstić information content (AvgIpc) is 3.36. The van der Waals surface area contributed by atoms with Gasteiger partial charge >= 0.3 is 5.97 Å². The van der Waals surface area contributed by atoms with E-state index in [2.05, 4.69) is 52.4 Å². The van der Waals surface area contributed by atoms with E-state index in [1.165, 1.54) is 0 Å². The van der Waals surface area contributed by atoms with E-state index >= 15 is 0 Å². The van der Waals surface area contributed by atoms with Crippen LogP contribution in [0, 0.1) is 24.2 Å². The number of fused-ring (bicyclic) bond motifs is 1. The van der Waals surface area contributed by atoms with Gasteiger partial charge in [-0.1, -0.05) is 67.0 Å². The number of benzene rings is 1. The number of epoxide rings is 1. The fourth-order valence-corrected chi connectivity index (χ4v) is 8.20. The van der Waals surface area contributed by atoms with E-state index in [4.69, 9.17) is 13.9 Å². The normalized spacial score (nSPS) is 20.1. The van der Waals surface area contributed by atoms with Crippen LogP contribution in [0.5, 0.6) is 0 Å². The number of Topliss-reactive ketones (excluding diaryl/α,β-unsaturated/α-hetero) is 1. The number of aromatic nitrogens is 1. The van der Waals surface area contributed by atoms with Crippen molar-refractivity contribution in [1.82, 2.24) is 4.98 Å². The number of ketones is 1. The monoisotopic (exact) mass is 673 g/mol. The maximum absolute atomic E-state index is 14.4. The molecular formula is C37H59NO6SSi. The van der Waals surface area contributed by atoms with Gasteiger partial charge in [-0.15, -0.1) is 17.9 Å². The van der Waals surface area contributed by atoms with E-state index < -0.39 is 43.9 Å². The Bertz CT molecular complexity index is 1380. The maximum Gasteiger partial charge on any atom is 0.309 e. The molecule has 0 bridgehead atoms. The molecule has 1 aromatic carbocycles. The molecule has 0 amide bonds. The van der Waals surface area contributed by atoms with E-state index in [0.29, 0.717) is 12.8 Å². The van der Waals surface area contributed by atoms with Gasteiger partial charge in [-0.2, -0.15) is 0 Å². The molecule has 0 saturated carbocycles. The zero-order valence-corrected chi connectivity index (χ0v) is 32.2. The molecule has 3 rings (SSSR count). The quantitative estimate of drug-likeness (QED) is 0.0774. The van der Waals surface area contributed by atoms with Gasteiger partial charge < -0.3 is 19.0 Å². The molecule has 6 atom stereocenters. The van der Waals surface area contributed by atoms with Gasteiger partial charge in [0.05, 0.1) is 45.6 Å². The largest absolute Gasteiger partial charge is 0.457 e. The van der Waals surface area contributed by atoms with Crippen molar-refractivity contribution >= 4 is 41.6 Å². The van der Waals surface area contributed by atoms with E-state index in [9.17, 15) is 14.7 Å². The fraction of sp³-hybridized carbons (Fsp3) is 0.703. The number of rotatable bonds is 17. The summed E-state index contributed by atoms with van der Waals surface area (Å²) in [6.07, 6.45) is 2.07. The standard InChI is InChI=1S/C37H59NO6SSi/c1-14-16-23(3)33(40)26(17-15-2)34(41)36(8,9)30(44-46(12,13)35(5,6)7)22-32(39)42-28(21-31-37(10,11)43-31)25-18-19-29-27(20-25)38-24(4)45-29/h15,18-20,23,26,28,30-31,33,40H,2,14,16-17,21-22H2,1,3-13H3/t23-,26+,28-,30-,31-,33-/m0/s1. The van der Waals surface area contributed by atoms with Crippen molar-refractivity contribution in [3.05, 3.63) is 41.4 Å². The topological polar surface area (TPSA) is 98.3 Å². The summed E-state index contributed by atoms with van der Waals surface area (Å²) in [5.41, 5.74) is 0.397. The molecule has 1 fully saturated rings. The third-order valence-corrected chi connectivity index (χ3v) is 15.7. The highest BCUT2D eigenvalue weighted by molar-refractivity contribution is 7.18. The van der Waals surface area contributed by atoms with E-state index in [1.54, 1.807) is 17.4 Å². The summed E-state index contributed by atoms with van der Waals surface area (Å²) < 4.78 is 20.2. The van der Waals surface area contributed by atoms with Gasteiger partial charge in [0.1, 0.15) is 11.9 Å². The molecule has 1 saturated heterocycles. The van der Waals surface area contributed by atoms with Gasteiger partial charge in [0.2, 0.25) is 0 Å². The van der Waals surface area contributed by atoms with Crippen LogP contribution in [-0.4, -0.2) is 54.1 Å². The first kappa shape index (κ1) is 38.5. The summed E-state index contributed by atoms with van der Waals surface area (Å²) in [6, 6.07) is 6.04. The summed E-state index contributed by atoms with van der Waals surface area (Å²) in [6.45, 7) is 28.4. The molecule has 258 valence electrons. The van der Waals surface area contributed by atoms with Crippen molar-refractivity contribution in [1.29, 1.82) is 0 Å². The SMILES string of the molecule is C=CC[C@@H](C(=O)C(C)(C)[C@H](CC(=O)O[C@@H](C[C@@H]1OC1(C)C)c1ccc2sc(C)nc2c1)O[Si](C)(C)C(C)(C)C)[C@@H](O)[C@@H](C)CCC. The molecule has 0 spiro atoms. The minimum atomic E-state index is -2.44. The molecule has 7 nitrogen and oxygen atoms in total. The first-order valence-electron chi connectivity index (χ1n) is 16.9. The number of carbonyl (C=O) groups excluding carboxylic acids is 2. The highest BCUT2D eigenvalue weighted by atomic mass is 32.1. The smallest absolute Gasteiger partial charge is 0.309 e. The summed E-state index contributed by atoms with van der Waals surface area (Å²) in [7, 11) is -2.44. The van der Waals surface area contributed by atoms with Crippen molar-refractivity contribution in [2.75, 3.05) is 0 Å². The van der Waals surface area contributed by atoms with Crippen LogP contribution >= 0.6 is 11.3 Å². The summed E-state index contributed by atoms with van der Waals surface area (Å²) in [4.78, 5) is 33.0. The van der Waals surface area contributed by atoms with E-state index in [1.807, 2.05) is 59.7 Å². The molecule has 9 heteroatoms. The molecule has 0 radical (unpaired) electrons. The summed E-state index contributed by atoms with van der Waals surface area (Å²) in [5.74, 6) is -1.24. The molecule has 2 heterocycles. The molecule has 1 N–H and O–H groups in total. The van der Waals surface area contributed by atoms with Crippen molar-refractivity contribution < 1.29 is 28.6 Å². The minimum absolute atomic E-state index is 0.0401. The van der Waals surface area contributed by atoms with Crippen LogP contribution < -0.4 is 0 Å². The van der Waals surface area contributed by atoms with Gasteiger partial charge in [0.15, 0.2) is 8.32 Å². The lowest BCUT2D eigenvalue weighted by Gasteiger charge is -2.44. The van der Waals surface area contributed by atoms with Crippen LogP contribution in [0.3, 0.4) is 0 Å². The number of nitrogens with zero attached hydrogens (tertiary/aromatic N) is 1. The number of ether oxygens (including phenoxy) is 2. The van der Waals surface area contributed by atoms with Crippen molar-refractivity contribution in [2.45, 2.75) is 149 Å². The third kappa shape index (κ3) is 9.16. The Hall–Kier alpha value is -1.91. The van der Waals surface area contributed by atoms with Gasteiger partial charge in [0, 0.05) is 17.8 Å². The number of aliphatic hydroxyl groups is 1. The molecule has 1 aliphatic heterocycles. The van der Waals surface area contributed by atoms with Gasteiger partial charge in [-0.05, 0) is 75.4 Å². The van der Waals surface area contributed by atoms with Crippen LogP contribution in [0.2, 0.25) is 18.1 Å². The minimum Gasteiger partial charge on any atom is -0.457 e. The molecule has 2 aromatic rings. The summed E-state index contributed by atoms with van der Waals surface area (Å²) in [5, 5.41) is 12.2. The van der Waals surface area contributed by atoms with Crippen molar-refractivity contribution in [3.63, 3.8) is 0 Å². The second-order valence-electron chi connectivity index (χ2n) is 15.9. The van der Waals surface area contributed by atoms with Crippen LogP contribution in [0.4, 0.5) is 0 Å². The molecule has 1 aliphatic rings. The Kier molecular flexibility index (Phi) is 12.3. The Morgan fingerprint density at radius 3 is 2.39 bits per heavy atom. The number of carbonyl (C=O) groups is 2. The van der Waals surface area contributed by atoms with Crippen molar-refractivity contribution in [2.24, 2.45) is 17.3 Å². The van der Waals surface area contributed by atoms with E-state index in [-0.39, 0.29) is 34.9 Å². The molecule has 1 aromatic heterocycles. The second kappa shape index (κ2) is 14.7. The summed E-state index contributed by atoms with van der Waals surface area (Å²) >= 11 is 1.63. The molecule has 0 unspecified atom stereocenters. The van der Waals surface area contributed by atoms with Gasteiger partial charge in [-0.25, -0.2) is 4.98 Å². The average molecular weight is 674 g/mol. The second-order valence-corrected chi connectivity index (χ2v) is 21.9. The number of thiazole rings is 1. The number of esters is 1. The van der Waals surface area contributed by atoms with Gasteiger partial charge in [-0.3, -0.25) is 9.59 Å². The Labute approximate surface area is 282 Å². The van der Waals surface area contributed by atoms with Crippen LogP contribution in [0.1, 0.15) is 111 Å². The number of allylic oxidation sites excluding steroid dienone is 1. The number of aliphatic hydroxyl groups excluding tert-OH is 1. The van der Waals surface area contributed by atoms with Crippen LogP contribution in [0.25, 0.3) is 10.2 Å². The predicted octanol–water partition coefficient (Wildman–Crippen LogP) is 9.12. The number of aryl methyl sites for hydroxylation is 1. The Morgan fingerprint density at radius 1 is 1.22 bits per heavy atom. The van der Waals surface area contributed by atoms with Gasteiger partial charge in [0.25, 0.3) is 0 Å².